The molecule has 24 heteroatoms. The van der Waals surface area contributed by atoms with Gasteiger partial charge in [0.1, 0.15) is 11.2 Å². The summed E-state index contributed by atoms with van der Waals surface area (Å²) in [7, 11) is -9.14. The molecule has 0 radical (unpaired) electrons. The highest BCUT2D eigenvalue weighted by molar-refractivity contribution is 7.87. The predicted molar refractivity (Wildman–Crippen MR) is 309 cm³/mol. The summed E-state index contributed by atoms with van der Waals surface area (Å²) in [4.78, 5) is 38.9. The number of nitrogens with zero attached hydrogens (tertiary/aromatic N) is 6. The minimum absolute atomic E-state index is 0.315. The minimum atomic E-state index is -6.09. The van der Waals surface area contributed by atoms with Crippen molar-refractivity contribution in [3.8, 4) is 0 Å². The highest BCUT2D eigenvalue weighted by Crippen LogP contribution is 2.39. The van der Waals surface area contributed by atoms with Gasteiger partial charge in [0.15, 0.2) is 22.9 Å². The lowest BCUT2D eigenvalue weighted by molar-refractivity contribution is -0.423. The van der Waals surface area contributed by atoms with Crippen molar-refractivity contribution in [3.63, 3.8) is 0 Å². The van der Waals surface area contributed by atoms with Gasteiger partial charge in [0.2, 0.25) is 5.69 Å². The molecule has 6 aliphatic rings. The number of benzene rings is 4. The molecular weight excluding hydrogens is 1140 g/mol. The second-order valence-electron chi connectivity index (χ2n) is 22.2. The molecule has 0 aromatic heterocycles. The molecule has 4 heterocycles. The van der Waals surface area contributed by atoms with Crippen molar-refractivity contribution in [2.45, 2.75) is 115 Å². The minimum Gasteiger partial charge on any atom is -0.741 e. The Morgan fingerprint density at radius 1 is 0.583 bits per heavy atom. The van der Waals surface area contributed by atoms with Gasteiger partial charge < -0.3 is 28.7 Å². The maximum atomic E-state index is 13.1. The van der Waals surface area contributed by atoms with Gasteiger partial charge in [-0.3, -0.25) is 9.08 Å². The Hall–Kier alpha value is -7.28. The number of likely N-dealkylation sites (N-methyl/N-ethyl adjacent to an activating group) is 1. The van der Waals surface area contributed by atoms with Gasteiger partial charge in [-0.25, -0.2) is 18.0 Å². The fourth-order valence-electron chi connectivity index (χ4n) is 10.1. The molecule has 4 aromatic carbocycles. The van der Waals surface area contributed by atoms with E-state index >= 15 is 0 Å². The number of amides is 2. The normalized spacial score (nSPS) is 18.6. The molecule has 0 spiro atoms. The van der Waals surface area contributed by atoms with E-state index in [0.717, 1.165) is 100 Å². The van der Waals surface area contributed by atoms with Crippen molar-refractivity contribution in [1.82, 2.24) is 4.90 Å². The number of carbonyl (C=O) groups is 2. The molecule has 4 aliphatic heterocycles. The number of anilines is 3. The number of ether oxygens (including phenoxy) is 2. The molecule has 0 bridgehead atoms. The van der Waals surface area contributed by atoms with E-state index < -0.39 is 48.5 Å². The van der Waals surface area contributed by atoms with Crippen LogP contribution in [0, 0.1) is 0 Å². The van der Waals surface area contributed by atoms with Crippen LogP contribution >= 0.6 is 0 Å². The van der Waals surface area contributed by atoms with E-state index in [2.05, 4.69) is 150 Å². The Labute approximate surface area is 486 Å². The van der Waals surface area contributed by atoms with Crippen LogP contribution in [0.4, 0.5) is 58.7 Å². The van der Waals surface area contributed by atoms with E-state index in [1.807, 2.05) is 48.6 Å². The lowest BCUT2D eigenvalue weighted by Gasteiger charge is -2.27. The Bertz CT molecular complexity index is 3470. The monoisotopic (exact) mass is 1210 g/mol. The fraction of sp³-hybridized carbons (Fsp3) is 0.400. The number of hydrogen-bond acceptors (Lipinski definition) is 13. The average Bonchev–Trinajstić information content (AvgIpc) is 2.77. The van der Waals surface area contributed by atoms with E-state index in [1.54, 1.807) is 4.90 Å². The molecule has 1 saturated carbocycles. The van der Waals surface area contributed by atoms with Crippen LogP contribution in [0.2, 0.25) is 0 Å². The van der Waals surface area contributed by atoms with Crippen LogP contribution in [0.3, 0.4) is 0 Å². The largest absolute Gasteiger partial charge is 0.741 e. The van der Waals surface area contributed by atoms with E-state index in [0.29, 0.717) is 7.11 Å². The maximum Gasteiger partial charge on any atom is 0.523 e. The van der Waals surface area contributed by atoms with E-state index in [1.165, 1.54) is 56.1 Å². The summed E-state index contributed by atoms with van der Waals surface area (Å²) in [5, 5.41) is 0. The molecule has 0 saturated heterocycles. The van der Waals surface area contributed by atoms with Gasteiger partial charge >= 0.3 is 33.3 Å². The molecule has 16 nitrogen and oxygen atoms in total. The van der Waals surface area contributed by atoms with Crippen LogP contribution in [0.25, 0.3) is 0 Å². The Morgan fingerprint density at radius 3 is 1.39 bits per heavy atom. The Balaban J connectivity index is 0.000000189. The van der Waals surface area contributed by atoms with Crippen LogP contribution in [0.15, 0.2) is 149 Å². The highest BCUT2D eigenvalue weighted by Gasteiger charge is 2.46. The third kappa shape index (κ3) is 16.3. The summed E-state index contributed by atoms with van der Waals surface area (Å²) < 4.78 is 128. The first-order chi connectivity index (χ1) is 39.2. The number of para-hydroxylation sites is 4. The zero-order chi connectivity index (χ0) is 61.6. The zero-order valence-electron chi connectivity index (χ0n) is 47.9. The second kappa shape index (κ2) is 25.9. The van der Waals surface area contributed by atoms with Crippen molar-refractivity contribution in [2.75, 3.05) is 55.0 Å². The second-order valence-corrected chi connectivity index (χ2v) is 25.3. The highest BCUT2D eigenvalue weighted by atomic mass is 32.2. The van der Waals surface area contributed by atoms with Crippen molar-refractivity contribution in [3.05, 3.63) is 166 Å². The predicted octanol–water partition coefficient (Wildman–Crippen LogP) is 12.4. The Kier molecular flexibility index (Phi) is 19.8. The number of alkyl halides is 6. The van der Waals surface area contributed by atoms with Crippen LogP contribution in [-0.2, 0) is 59.6 Å². The summed E-state index contributed by atoms with van der Waals surface area (Å²) >= 11 is 0. The first-order valence-corrected chi connectivity index (χ1v) is 29.8. The van der Waals surface area contributed by atoms with Gasteiger partial charge in [-0.05, 0) is 138 Å². The number of aliphatic imine (C=N–C) groups is 1. The van der Waals surface area contributed by atoms with Crippen LogP contribution in [-0.4, -0.2) is 118 Å². The summed E-state index contributed by atoms with van der Waals surface area (Å²) in [5.74, 6) is 0. The van der Waals surface area contributed by atoms with Crippen LogP contribution in [0.1, 0.15) is 89.5 Å². The topological polar surface area (TPSA) is 182 Å². The van der Waals surface area contributed by atoms with Gasteiger partial charge in [0.25, 0.3) is 0 Å². The SMILES string of the molecule is CC(C)(C)OC(=O)N=C1/C(=C/N2CCc3ccccc32)CC/C1=C\N1CCc2ccccc21.CN(C(=O)OC(C)(C)C)C1=C(C=[N+]2CCc3ccccc32)CC/C1=C\N1CCc2ccccc21.COS(=O)(=O)C(F)(F)F.O=S(=O)([O-])C(F)(F)F. The fourth-order valence-corrected chi connectivity index (χ4v) is 10.3. The zero-order valence-corrected chi connectivity index (χ0v) is 49.5. The molecule has 2 amide bonds. The summed E-state index contributed by atoms with van der Waals surface area (Å²) in [6, 6.07) is 34.2. The van der Waals surface area contributed by atoms with Gasteiger partial charge in [-0.1, -0.05) is 72.8 Å². The third-order valence-corrected chi connectivity index (χ3v) is 15.4. The molecule has 0 N–H and O–H groups in total. The molecular formula is C60H68F6N6O10S2. The lowest BCUT2D eigenvalue weighted by Crippen LogP contribution is -2.34. The molecule has 0 unspecified atom stereocenters. The quantitative estimate of drug-likeness (QED) is 0.0585. The smallest absolute Gasteiger partial charge is 0.523 e. The third-order valence-electron chi connectivity index (χ3n) is 13.9. The number of fused-ring (bicyclic) bond motifs is 4. The van der Waals surface area contributed by atoms with Gasteiger partial charge in [-0.15, -0.1) is 0 Å². The number of allylic oxidation sites excluding steroid dienone is 4. The molecule has 452 valence electrons. The van der Waals surface area contributed by atoms with Crippen molar-refractivity contribution < 1.29 is 75.6 Å². The molecule has 2 aliphatic carbocycles. The van der Waals surface area contributed by atoms with Crippen LogP contribution < -0.4 is 14.7 Å². The average molecular weight is 1210 g/mol. The number of halogens is 6. The van der Waals surface area contributed by atoms with Crippen molar-refractivity contribution in [2.24, 2.45) is 4.99 Å². The Morgan fingerprint density at radius 2 is 0.988 bits per heavy atom. The molecule has 0 atom stereocenters. The first-order valence-electron chi connectivity index (χ1n) is 27.0. The number of carbonyl (C=O) groups excluding carboxylic acids is 2. The van der Waals surface area contributed by atoms with Crippen molar-refractivity contribution in [1.29, 1.82) is 0 Å². The lowest BCUT2D eigenvalue weighted by atomic mass is 10.1. The molecule has 84 heavy (non-hydrogen) atoms. The molecule has 4 aromatic rings. The van der Waals surface area contributed by atoms with E-state index in [-0.39, 0.29) is 6.09 Å². The van der Waals surface area contributed by atoms with Crippen LogP contribution in [0.5, 0.6) is 0 Å². The van der Waals surface area contributed by atoms with Crippen molar-refractivity contribution >= 4 is 67.1 Å². The number of rotatable bonds is 6. The maximum absolute atomic E-state index is 13.1. The first kappa shape index (κ1) is 64.3. The summed E-state index contributed by atoms with van der Waals surface area (Å²) in [6.07, 6.45) is 15.7. The van der Waals surface area contributed by atoms with E-state index in [9.17, 15) is 44.3 Å². The summed E-state index contributed by atoms with van der Waals surface area (Å²) in [5.41, 5.74) is 4.73. The van der Waals surface area contributed by atoms with Gasteiger partial charge in [0.05, 0.1) is 18.5 Å². The molecule has 10 rings (SSSR count). The van der Waals surface area contributed by atoms with E-state index in [4.69, 9.17) is 22.4 Å². The summed E-state index contributed by atoms with van der Waals surface area (Å²) in [6.45, 7) is 15.2. The van der Waals surface area contributed by atoms with Gasteiger partial charge in [-0.2, -0.15) is 44.3 Å². The van der Waals surface area contributed by atoms with Gasteiger partial charge in [0, 0.05) is 86.0 Å². The standard InChI is InChI=1S/C29H34N3O2.C28H31N3O2.C2H3F3O3S.CHF3O3S/c1-29(2,3)34-28(33)30(4)27-23(19-31-17-15-21-9-5-7-11-25(21)31)13-14-24(27)20-32-18-16-22-10-6-8-12-26(22)32;1-28(2,3)33-27(32)29-26-22(18-30-16-14-20-8-4-6-10-24(20)30)12-13-23(26)19-31-17-15-21-9-5-7-11-25(21)31;1-8-9(6,7)2(3,4)5;2-1(3,4)8(5,6)7/h5-12,19-20H,13-18H2,1-4H3;4-11,18-19H,12-17H2,1-3H3;1H3;(H,5,6,7)/q+1;;;/p-1/b;22-18+,23-19+;;. The molecule has 1 fully saturated rings. The number of hydrogen-bond donors (Lipinski definition) is 0.